The minimum Gasteiger partial charge on any atom is -0.334 e. The molecule has 0 spiro atoms. The lowest BCUT2D eigenvalue weighted by Crippen LogP contribution is -2.11. The number of halogens is 2. The van der Waals surface area contributed by atoms with Crippen LogP contribution in [0.4, 0.5) is 0 Å². The molecule has 0 radical (unpaired) electrons. The van der Waals surface area contributed by atoms with E-state index >= 15 is 0 Å². The fourth-order valence-corrected chi connectivity index (χ4v) is 1.68. The van der Waals surface area contributed by atoms with Crippen LogP contribution in [0.15, 0.2) is 6.33 Å². The van der Waals surface area contributed by atoms with E-state index in [4.69, 9.17) is 5.73 Å². The quantitative estimate of drug-likeness (QED) is 0.785. The maximum Gasteiger partial charge on any atom is 0.0952 e. The fourth-order valence-electron chi connectivity index (χ4n) is 1.68. The Bertz CT molecular complexity index is 246. The highest BCUT2D eigenvalue weighted by atomic mass is 35.5. The Balaban J connectivity index is 0.000000720. The Morgan fingerprint density at radius 3 is 2.85 bits per heavy atom. The molecule has 0 amide bonds. The van der Waals surface area contributed by atoms with Gasteiger partial charge in [0, 0.05) is 18.8 Å². The first-order valence-corrected chi connectivity index (χ1v) is 4.15. The minimum absolute atomic E-state index is 0. The Morgan fingerprint density at radius 2 is 2.15 bits per heavy atom. The Kier molecular flexibility index (Phi) is 5.37. The molecule has 13 heavy (non-hydrogen) atoms. The highest BCUT2D eigenvalue weighted by molar-refractivity contribution is 5.85. The van der Waals surface area contributed by atoms with Gasteiger partial charge in [0.1, 0.15) is 0 Å². The van der Waals surface area contributed by atoms with Crippen molar-refractivity contribution < 1.29 is 0 Å². The van der Waals surface area contributed by atoms with E-state index in [0.29, 0.717) is 6.54 Å². The largest absolute Gasteiger partial charge is 0.334 e. The van der Waals surface area contributed by atoms with Gasteiger partial charge in [0.25, 0.3) is 0 Å². The highest BCUT2D eigenvalue weighted by Crippen LogP contribution is 2.16. The average Bonchev–Trinajstić information content (AvgIpc) is 2.47. The third-order valence-electron chi connectivity index (χ3n) is 2.29. The first-order chi connectivity index (χ1) is 5.42. The van der Waals surface area contributed by atoms with Crippen molar-refractivity contribution in [2.45, 2.75) is 32.4 Å². The van der Waals surface area contributed by atoms with Gasteiger partial charge in [-0.1, -0.05) is 0 Å². The van der Waals surface area contributed by atoms with Crippen LogP contribution in [-0.4, -0.2) is 9.55 Å². The predicted molar refractivity (Wildman–Crippen MR) is 57.6 cm³/mol. The van der Waals surface area contributed by atoms with Gasteiger partial charge in [0.15, 0.2) is 0 Å². The van der Waals surface area contributed by atoms with Crippen LogP contribution >= 0.6 is 24.8 Å². The molecule has 2 N–H and O–H groups in total. The van der Waals surface area contributed by atoms with Gasteiger partial charge in [-0.3, -0.25) is 0 Å². The van der Waals surface area contributed by atoms with E-state index in [2.05, 4.69) is 9.55 Å². The highest BCUT2D eigenvalue weighted by Gasteiger charge is 2.12. The number of rotatable bonds is 1. The van der Waals surface area contributed by atoms with Crippen molar-refractivity contribution in [1.29, 1.82) is 0 Å². The molecular formula is C8H15Cl2N3. The normalized spacial score (nSPS) is 13.9. The number of hydrogen-bond donors (Lipinski definition) is 1. The van der Waals surface area contributed by atoms with Gasteiger partial charge in [0.05, 0.1) is 12.0 Å². The lowest BCUT2D eigenvalue weighted by molar-refractivity contribution is 0.529. The van der Waals surface area contributed by atoms with Crippen LogP contribution in [0.3, 0.4) is 0 Å². The van der Waals surface area contributed by atoms with Gasteiger partial charge >= 0.3 is 0 Å². The van der Waals surface area contributed by atoms with Gasteiger partial charge in [-0.2, -0.15) is 0 Å². The van der Waals surface area contributed by atoms with Crippen molar-refractivity contribution in [2.75, 3.05) is 0 Å². The number of nitrogens with two attached hydrogens (primary N) is 1. The van der Waals surface area contributed by atoms with Crippen LogP contribution in [0.5, 0.6) is 0 Å². The van der Waals surface area contributed by atoms with E-state index in [0.717, 1.165) is 18.7 Å². The molecule has 0 fully saturated rings. The zero-order chi connectivity index (χ0) is 7.68. The van der Waals surface area contributed by atoms with Gasteiger partial charge in [-0.05, 0) is 19.3 Å². The molecule has 1 aliphatic heterocycles. The lowest BCUT2D eigenvalue weighted by Gasteiger charge is -2.14. The molecule has 0 unspecified atom stereocenters. The summed E-state index contributed by atoms with van der Waals surface area (Å²) in [6, 6.07) is 0. The number of fused-ring (bicyclic) bond motifs is 1. The number of nitrogens with zero attached hydrogens (tertiary/aromatic N) is 2. The van der Waals surface area contributed by atoms with Crippen LogP contribution in [0.25, 0.3) is 0 Å². The van der Waals surface area contributed by atoms with Crippen LogP contribution in [-0.2, 0) is 19.5 Å². The van der Waals surface area contributed by atoms with Crippen molar-refractivity contribution >= 4 is 24.8 Å². The van der Waals surface area contributed by atoms with Gasteiger partial charge < -0.3 is 10.3 Å². The van der Waals surface area contributed by atoms with Crippen molar-refractivity contribution in [3.63, 3.8) is 0 Å². The molecule has 5 heteroatoms. The molecule has 1 aromatic rings. The summed E-state index contributed by atoms with van der Waals surface area (Å²) in [6.07, 6.45) is 5.65. The summed E-state index contributed by atoms with van der Waals surface area (Å²) in [4.78, 5) is 4.25. The van der Waals surface area contributed by atoms with E-state index in [1.165, 1.54) is 18.5 Å². The summed E-state index contributed by atoms with van der Waals surface area (Å²) in [7, 11) is 0. The smallest absolute Gasteiger partial charge is 0.0952 e. The summed E-state index contributed by atoms with van der Waals surface area (Å²) in [5.41, 5.74) is 7.99. The van der Waals surface area contributed by atoms with Crippen molar-refractivity contribution in [3.8, 4) is 0 Å². The topological polar surface area (TPSA) is 43.8 Å². The lowest BCUT2D eigenvalue weighted by atomic mass is 10.1. The molecule has 3 nitrogen and oxygen atoms in total. The van der Waals surface area contributed by atoms with E-state index in [9.17, 15) is 0 Å². The summed E-state index contributed by atoms with van der Waals surface area (Å²) in [6.45, 7) is 1.71. The SMILES string of the molecule is Cl.Cl.NCc1ncn2c1CCCC2. The number of hydrogen-bond acceptors (Lipinski definition) is 2. The fraction of sp³-hybridized carbons (Fsp3) is 0.625. The second-order valence-corrected chi connectivity index (χ2v) is 2.99. The maximum atomic E-state index is 5.54. The molecule has 1 aromatic heterocycles. The predicted octanol–water partition coefficient (Wildman–Crippen LogP) is 1.52. The van der Waals surface area contributed by atoms with Crippen molar-refractivity contribution in [1.82, 2.24) is 9.55 Å². The van der Waals surface area contributed by atoms with Crippen LogP contribution in [0, 0.1) is 0 Å². The first kappa shape index (κ1) is 12.8. The molecule has 2 heterocycles. The summed E-state index contributed by atoms with van der Waals surface area (Å²) in [5.74, 6) is 0. The molecule has 0 bridgehead atoms. The molecule has 1 aliphatic rings. The average molecular weight is 224 g/mol. The van der Waals surface area contributed by atoms with Crippen LogP contribution in [0.1, 0.15) is 24.2 Å². The van der Waals surface area contributed by atoms with E-state index < -0.39 is 0 Å². The second-order valence-electron chi connectivity index (χ2n) is 2.99. The minimum atomic E-state index is 0. The number of imidazole rings is 1. The third kappa shape index (κ3) is 2.36. The standard InChI is InChI=1S/C8H13N3.2ClH/c9-5-7-8-3-1-2-4-11(8)6-10-7;;/h6H,1-5,9H2;2*1H. The molecule has 76 valence electrons. The molecule has 0 saturated carbocycles. The van der Waals surface area contributed by atoms with Crippen LogP contribution < -0.4 is 5.73 Å². The van der Waals surface area contributed by atoms with Gasteiger partial charge in [-0.15, -0.1) is 24.8 Å². The molecule has 2 rings (SSSR count). The Labute approximate surface area is 90.5 Å². The second kappa shape index (κ2) is 5.47. The zero-order valence-corrected chi connectivity index (χ0v) is 9.03. The monoisotopic (exact) mass is 223 g/mol. The molecule has 0 aromatic carbocycles. The molecule has 0 atom stereocenters. The van der Waals surface area contributed by atoms with Crippen LogP contribution in [0.2, 0.25) is 0 Å². The zero-order valence-electron chi connectivity index (χ0n) is 7.40. The van der Waals surface area contributed by atoms with Crippen molar-refractivity contribution in [3.05, 3.63) is 17.7 Å². The Morgan fingerprint density at radius 1 is 1.38 bits per heavy atom. The van der Waals surface area contributed by atoms with Crippen molar-refractivity contribution in [2.24, 2.45) is 5.73 Å². The third-order valence-corrected chi connectivity index (χ3v) is 2.29. The maximum absolute atomic E-state index is 5.54. The van der Waals surface area contributed by atoms with E-state index in [1.54, 1.807) is 0 Å². The van der Waals surface area contributed by atoms with E-state index in [1.807, 2.05) is 6.33 Å². The summed E-state index contributed by atoms with van der Waals surface area (Å²) in [5, 5.41) is 0. The number of aryl methyl sites for hydroxylation is 1. The first-order valence-electron chi connectivity index (χ1n) is 4.15. The molecular weight excluding hydrogens is 209 g/mol. The number of aromatic nitrogens is 2. The molecule has 0 saturated heterocycles. The van der Waals surface area contributed by atoms with E-state index in [-0.39, 0.29) is 24.8 Å². The Hall–Kier alpha value is -0.250. The summed E-state index contributed by atoms with van der Waals surface area (Å²) >= 11 is 0. The molecule has 0 aliphatic carbocycles. The van der Waals surface area contributed by atoms with Gasteiger partial charge in [0.2, 0.25) is 0 Å². The van der Waals surface area contributed by atoms with Gasteiger partial charge in [-0.25, -0.2) is 4.98 Å². The summed E-state index contributed by atoms with van der Waals surface area (Å²) < 4.78 is 2.23.